The van der Waals surface area contributed by atoms with Gasteiger partial charge in [-0.25, -0.2) is 4.98 Å². The molecule has 1 fully saturated rings. The third-order valence-corrected chi connectivity index (χ3v) is 8.54. The van der Waals surface area contributed by atoms with Crippen LogP contribution in [0.3, 0.4) is 0 Å². The number of nitrogens with zero attached hydrogens (tertiary/aromatic N) is 7. The van der Waals surface area contributed by atoms with Crippen LogP contribution in [0.15, 0.2) is 23.5 Å². The Morgan fingerprint density at radius 2 is 2.03 bits per heavy atom. The maximum Gasteiger partial charge on any atom is 0.159 e. The lowest BCUT2D eigenvalue weighted by Gasteiger charge is -2.51. The molecule has 0 amide bonds. The molecule has 1 saturated carbocycles. The number of pyridine rings is 1. The molecule has 3 aromatic heterocycles. The highest BCUT2D eigenvalue weighted by Gasteiger charge is 2.46. The van der Waals surface area contributed by atoms with Crippen LogP contribution in [0.2, 0.25) is 0 Å². The molecule has 4 heterocycles. The van der Waals surface area contributed by atoms with Crippen molar-refractivity contribution in [3.63, 3.8) is 0 Å². The third-order valence-electron chi connectivity index (χ3n) is 8.54. The lowest BCUT2D eigenvalue weighted by atomic mass is 9.58. The standard InChI is InChI=1S/C27H37N7O/c1-18-12-25(21-15-28-32(4)26(21)29-18)33-9-7-24-22(16-33)19(2)30-34(24)17-27-8-6-23(20(13-27)14-27)31(3)10-11-35-5/h12,15H,6-11,13-14,16-17H2,1-5H3. The van der Waals surface area contributed by atoms with Crippen molar-refractivity contribution in [1.82, 2.24) is 29.4 Å². The monoisotopic (exact) mass is 475 g/mol. The summed E-state index contributed by atoms with van der Waals surface area (Å²) in [6.07, 6.45) is 7.90. The van der Waals surface area contributed by atoms with Crippen molar-refractivity contribution in [2.45, 2.75) is 59.0 Å². The second-order valence-electron chi connectivity index (χ2n) is 10.9. The number of allylic oxidation sites excluding steroid dienone is 2. The second-order valence-corrected chi connectivity index (χ2v) is 10.9. The molecule has 3 aliphatic carbocycles. The molecule has 0 saturated heterocycles. The molecule has 0 unspecified atom stereocenters. The Bertz CT molecular complexity index is 1310. The van der Waals surface area contributed by atoms with Crippen LogP contribution in [0.4, 0.5) is 5.69 Å². The van der Waals surface area contributed by atoms with Crippen molar-refractivity contribution in [2.75, 3.05) is 38.8 Å². The smallest absolute Gasteiger partial charge is 0.159 e. The zero-order valence-electron chi connectivity index (χ0n) is 21.8. The molecular formula is C27H37N7O. The maximum absolute atomic E-state index is 5.28. The maximum atomic E-state index is 5.28. The van der Waals surface area contributed by atoms with Gasteiger partial charge in [-0.3, -0.25) is 9.36 Å². The Morgan fingerprint density at radius 3 is 2.77 bits per heavy atom. The number of methoxy groups -OCH3 is 1. The van der Waals surface area contributed by atoms with E-state index in [9.17, 15) is 0 Å². The molecule has 2 bridgehead atoms. The number of hydrogen-bond donors (Lipinski definition) is 0. The molecular weight excluding hydrogens is 438 g/mol. The molecule has 8 heteroatoms. The molecule has 0 atom stereocenters. The first-order chi connectivity index (χ1) is 16.9. The van der Waals surface area contributed by atoms with E-state index >= 15 is 0 Å². The number of fused-ring (bicyclic) bond motifs is 4. The van der Waals surface area contributed by atoms with Crippen LogP contribution >= 0.6 is 0 Å². The van der Waals surface area contributed by atoms with Gasteiger partial charge in [0.1, 0.15) is 0 Å². The van der Waals surface area contributed by atoms with Crippen LogP contribution in [0.1, 0.15) is 48.3 Å². The van der Waals surface area contributed by atoms with Gasteiger partial charge in [0.15, 0.2) is 5.65 Å². The number of rotatable bonds is 7. The average Bonchev–Trinajstić information content (AvgIpc) is 3.35. The number of likely N-dealkylation sites (N-methyl/N-ethyl adjacent to an activating group) is 1. The average molecular weight is 476 g/mol. The Morgan fingerprint density at radius 1 is 1.20 bits per heavy atom. The lowest BCUT2D eigenvalue weighted by Crippen LogP contribution is -2.43. The first-order valence-electron chi connectivity index (χ1n) is 12.9. The van der Waals surface area contributed by atoms with E-state index in [0.29, 0.717) is 5.41 Å². The Balaban J connectivity index is 1.21. The van der Waals surface area contributed by atoms with Crippen LogP contribution in [0.25, 0.3) is 11.0 Å². The molecule has 35 heavy (non-hydrogen) atoms. The topological polar surface area (TPSA) is 64.2 Å². The summed E-state index contributed by atoms with van der Waals surface area (Å²) in [5.74, 6) is 0. The first kappa shape index (κ1) is 22.6. The fourth-order valence-corrected chi connectivity index (χ4v) is 6.61. The van der Waals surface area contributed by atoms with Crippen molar-refractivity contribution in [2.24, 2.45) is 12.5 Å². The minimum absolute atomic E-state index is 0.397. The lowest BCUT2D eigenvalue weighted by molar-refractivity contribution is 0.105. The highest BCUT2D eigenvalue weighted by Crippen LogP contribution is 2.56. The summed E-state index contributed by atoms with van der Waals surface area (Å²) < 4.78 is 9.52. The highest BCUT2D eigenvalue weighted by atomic mass is 16.5. The van der Waals surface area contributed by atoms with Gasteiger partial charge < -0.3 is 14.5 Å². The van der Waals surface area contributed by atoms with E-state index in [4.69, 9.17) is 14.8 Å². The van der Waals surface area contributed by atoms with Crippen molar-refractivity contribution < 1.29 is 4.74 Å². The van der Waals surface area contributed by atoms with E-state index in [1.165, 1.54) is 48.3 Å². The van der Waals surface area contributed by atoms with Crippen LogP contribution in [-0.2, 0) is 31.3 Å². The fourth-order valence-electron chi connectivity index (χ4n) is 6.61. The quantitative estimate of drug-likeness (QED) is 0.519. The van der Waals surface area contributed by atoms with Gasteiger partial charge in [-0.05, 0) is 56.6 Å². The Kier molecular flexibility index (Phi) is 5.40. The Labute approximate surface area is 207 Å². The van der Waals surface area contributed by atoms with Gasteiger partial charge in [0, 0.05) is 76.5 Å². The van der Waals surface area contributed by atoms with Gasteiger partial charge in [-0.2, -0.15) is 10.2 Å². The summed E-state index contributed by atoms with van der Waals surface area (Å²) >= 11 is 0. The van der Waals surface area contributed by atoms with Crippen LogP contribution in [0.5, 0.6) is 0 Å². The summed E-state index contributed by atoms with van der Waals surface area (Å²) in [7, 11) is 5.97. The molecule has 8 nitrogen and oxygen atoms in total. The van der Waals surface area contributed by atoms with E-state index in [0.717, 1.165) is 55.9 Å². The van der Waals surface area contributed by atoms with Crippen LogP contribution in [-0.4, -0.2) is 63.3 Å². The van der Waals surface area contributed by atoms with E-state index in [2.05, 4.69) is 46.5 Å². The van der Waals surface area contributed by atoms with Gasteiger partial charge in [0.05, 0.1) is 29.6 Å². The molecule has 186 valence electrons. The fraction of sp³-hybridized carbons (Fsp3) is 0.593. The third kappa shape index (κ3) is 3.73. The van der Waals surface area contributed by atoms with E-state index in [1.807, 2.05) is 17.9 Å². The Hall–Kier alpha value is -2.87. The van der Waals surface area contributed by atoms with E-state index < -0.39 is 0 Å². The molecule has 0 aromatic carbocycles. The molecule has 0 spiro atoms. The molecule has 4 aliphatic rings. The van der Waals surface area contributed by atoms with Crippen molar-refractivity contribution in [3.05, 3.63) is 46.2 Å². The number of aromatic nitrogens is 5. The summed E-state index contributed by atoms with van der Waals surface area (Å²) in [5, 5.41) is 10.7. The van der Waals surface area contributed by atoms with Gasteiger partial charge in [-0.1, -0.05) is 0 Å². The SMILES string of the molecule is COCCN(C)C1=C2CC(Cn3nc(C)c4c3CCN(c3cc(C)nc5c3cnn5C)C4)(CC1)C2. The normalized spacial score (nSPS) is 18.7. The van der Waals surface area contributed by atoms with Gasteiger partial charge in [-0.15, -0.1) is 0 Å². The summed E-state index contributed by atoms with van der Waals surface area (Å²) in [4.78, 5) is 9.61. The van der Waals surface area contributed by atoms with Crippen molar-refractivity contribution in [3.8, 4) is 0 Å². The summed E-state index contributed by atoms with van der Waals surface area (Å²) in [5.41, 5.74) is 10.9. The van der Waals surface area contributed by atoms with Crippen molar-refractivity contribution >= 4 is 16.7 Å². The minimum Gasteiger partial charge on any atom is -0.383 e. The van der Waals surface area contributed by atoms with Crippen LogP contribution in [0, 0.1) is 19.3 Å². The summed E-state index contributed by atoms with van der Waals surface area (Å²) in [6, 6.07) is 2.21. The summed E-state index contributed by atoms with van der Waals surface area (Å²) in [6.45, 7) is 8.98. The minimum atomic E-state index is 0.397. The zero-order valence-corrected chi connectivity index (χ0v) is 21.8. The van der Waals surface area contributed by atoms with Crippen LogP contribution < -0.4 is 4.90 Å². The number of ether oxygens (including phenoxy) is 1. The predicted octanol–water partition coefficient (Wildman–Crippen LogP) is 3.75. The number of hydrogen-bond acceptors (Lipinski definition) is 6. The molecule has 0 N–H and O–H groups in total. The van der Waals surface area contributed by atoms with Gasteiger partial charge in [0.2, 0.25) is 0 Å². The second kappa shape index (κ2) is 8.36. The first-order valence-corrected chi connectivity index (χ1v) is 12.9. The van der Waals surface area contributed by atoms with E-state index in [-0.39, 0.29) is 0 Å². The zero-order chi connectivity index (χ0) is 24.3. The molecule has 1 aliphatic heterocycles. The molecule has 3 aromatic rings. The van der Waals surface area contributed by atoms with Gasteiger partial charge in [0.25, 0.3) is 0 Å². The largest absolute Gasteiger partial charge is 0.383 e. The number of anilines is 1. The predicted molar refractivity (Wildman–Crippen MR) is 137 cm³/mol. The number of aryl methyl sites for hydroxylation is 3. The van der Waals surface area contributed by atoms with E-state index in [1.54, 1.807) is 18.4 Å². The highest BCUT2D eigenvalue weighted by molar-refractivity contribution is 5.89. The van der Waals surface area contributed by atoms with Gasteiger partial charge >= 0.3 is 0 Å². The molecule has 7 rings (SSSR count). The molecule has 0 radical (unpaired) electrons. The van der Waals surface area contributed by atoms with Crippen molar-refractivity contribution in [1.29, 1.82) is 0 Å².